The van der Waals surface area contributed by atoms with Crippen molar-refractivity contribution in [3.05, 3.63) is 54.4 Å². The van der Waals surface area contributed by atoms with Gasteiger partial charge in [0.2, 0.25) is 0 Å². The Bertz CT molecular complexity index is 537. The van der Waals surface area contributed by atoms with Gasteiger partial charge in [-0.1, -0.05) is 13.3 Å². The number of ether oxygens (including phenoxy) is 2. The maximum absolute atomic E-state index is 11.8. The van der Waals surface area contributed by atoms with Crippen molar-refractivity contribution in [2.75, 3.05) is 6.61 Å². The predicted octanol–water partition coefficient (Wildman–Crippen LogP) is 3.48. The molecule has 0 unspecified atom stereocenters. The van der Waals surface area contributed by atoms with E-state index in [4.69, 9.17) is 9.47 Å². The summed E-state index contributed by atoms with van der Waals surface area (Å²) in [6.45, 7) is 2.82. The fourth-order valence-corrected chi connectivity index (χ4v) is 1.59. The summed E-state index contributed by atoms with van der Waals surface area (Å²) in [7, 11) is 0. The number of nitrogens with zero attached hydrogens (tertiary/aromatic N) is 1. The van der Waals surface area contributed by atoms with E-state index in [0.29, 0.717) is 17.9 Å². The third kappa shape index (κ3) is 4.09. The normalized spacial score (nSPS) is 10.1. The van der Waals surface area contributed by atoms with Crippen LogP contribution in [0.2, 0.25) is 0 Å². The van der Waals surface area contributed by atoms with Gasteiger partial charge in [-0.15, -0.1) is 0 Å². The summed E-state index contributed by atoms with van der Waals surface area (Å²) in [4.78, 5) is 15.7. The van der Waals surface area contributed by atoms with E-state index in [9.17, 15) is 4.79 Å². The van der Waals surface area contributed by atoms with Gasteiger partial charge in [-0.2, -0.15) is 0 Å². The molecule has 0 amide bonds. The molecule has 1 aromatic heterocycles. The van der Waals surface area contributed by atoms with Crippen molar-refractivity contribution in [1.82, 2.24) is 4.98 Å². The number of unbranched alkanes of at least 4 members (excludes halogenated alkanes) is 1. The van der Waals surface area contributed by atoms with Crippen LogP contribution in [0.25, 0.3) is 0 Å². The van der Waals surface area contributed by atoms with E-state index >= 15 is 0 Å². The lowest BCUT2D eigenvalue weighted by Gasteiger charge is -2.07. The van der Waals surface area contributed by atoms with Crippen molar-refractivity contribution in [3.63, 3.8) is 0 Å². The molecule has 0 aliphatic heterocycles. The third-order valence-corrected chi connectivity index (χ3v) is 2.72. The van der Waals surface area contributed by atoms with Crippen LogP contribution in [-0.2, 0) is 0 Å². The van der Waals surface area contributed by atoms with Gasteiger partial charge in [0.25, 0.3) is 0 Å². The molecule has 1 heterocycles. The van der Waals surface area contributed by atoms with Gasteiger partial charge in [-0.25, -0.2) is 4.79 Å². The Morgan fingerprint density at radius 1 is 1.05 bits per heavy atom. The molecular weight excluding hydrogens is 254 g/mol. The highest BCUT2D eigenvalue weighted by molar-refractivity contribution is 5.90. The molecule has 4 heteroatoms. The fourth-order valence-electron chi connectivity index (χ4n) is 1.59. The van der Waals surface area contributed by atoms with Gasteiger partial charge in [0.15, 0.2) is 0 Å². The Hall–Kier alpha value is -2.36. The molecule has 0 saturated carbocycles. The minimum atomic E-state index is -0.396. The molecule has 2 rings (SSSR count). The Kier molecular flexibility index (Phi) is 5.12. The van der Waals surface area contributed by atoms with Gasteiger partial charge in [0.05, 0.1) is 12.2 Å². The van der Waals surface area contributed by atoms with Crippen LogP contribution in [0.15, 0.2) is 48.8 Å². The smallest absolute Gasteiger partial charge is 0.343 e. The average Bonchev–Trinajstić information content (AvgIpc) is 2.50. The van der Waals surface area contributed by atoms with Gasteiger partial charge >= 0.3 is 5.97 Å². The lowest BCUT2D eigenvalue weighted by Crippen LogP contribution is -2.08. The van der Waals surface area contributed by atoms with Crippen molar-refractivity contribution in [2.45, 2.75) is 19.8 Å². The van der Waals surface area contributed by atoms with Gasteiger partial charge in [0.1, 0.15) is 11.5 Å². The van der Waals surface area contributed by atoms with Crippen LogP contribution >= 0.6 is 0 Å². The first-order valence-corrected chi connectivity index (χ1v) is 6.64. The van der Waals surface area contributed by atoms with Crippen LogP contribution < -0.4 is 9.47 Å². The van der Waals surface area contributed by atoms with Crippen molar-refractivity contribution in [2.24, 2.45) is 0 Å². The summed E-state index contributed by atoms with van der Waals surface area (Å²) >= 11 is 0. The Balaban J connectivity index is 1.92. The molecule has 0 saturated heterocycles. The zero-order valence-electron chi connectivity index (χ0n) is 11.4. The molecule has 0 aliphatic carbocycles. The first kappa shape index (κ1) is 14.1. The molecule has 0 N–H and O–H groups in total. The minimum absolute atomic E-state index is 0.396. The molecule has 104 valence electrons. The second-order valence-corrected chi connectivity index (χ2v) is 4.30. The monoisotopic (exact) mass is 271 g/mol. The van der Waals surface area contributed by atoms with Crippen LogP contribution in [0.3, 0.4) is 0 Å². The highest BCUT2D eigenvalue weighted by Crippen LogP contribution is 2.18. The lowest BCUT2D eigenvalue weighted by atomic mass is 10.3. The van der Waals surface area contributed by atoms with Gasteiger partial charge < -0.3 is 9.47 Å². The van der Waals surface area contributed by atoms with E-state index in [1.165, 1.54) is 0 Å². The number of carbonyl (C=O) groups excluding carboxylic acids is 1. The molecule has 20 heavy (non-hydrogen) atoms. The van der Waals surface area contributed by atoms with E-state index < -0.39 is 5.97 Å². The van der Waals surface area contributed by atoms with Crippen molar-refractivity contribution >= 4 is 5.97 Å². The molecule has 4 nitrogen and oxygen atoms in total. The second-order valence-electron chi connectivity index (χ2n) is 4.30. The topological polar surface area (TPSA) is 48.4 Å². The van der Waals surface area contributed by atoms with E-state index in [1.54, 1.807) is 48.8 Å². The molecule has 1 aromatic carbocycles. The van der Waals surface area contributed by atoms with Gasteiger partial charge in [-0.05, 0) is 42.8 Å². The van der Waals surface area contributed by atoms with Crippen molar-refractivity contribution in [3.8, 4) is 11.5 Å². The van der Waals surface area contributed by atoms with Gasteiger partial charge in [-0.3, -0.25) is 4.98 Å². The summed E-state index contributed by atoms with van der Waals surface area (Å²) in [6.07, 6.45) is 5.24. The number of pyridine rings is 1. The van der Waals surface area contributed by atoms with Crippen LogP contribution in [-0.4, -0.2) is 17.6 Å². The molecule has 2 aromatic rings. The zero-order chi connectivity index (χ0) is 14.2. The highest BCUT2D eigenvalue weighted by Gasteiger charge is 2.07. The minimum Gasteiger partial charge on any atom is -0.494 e. The fraction of sp³-hybridized carbons (Fsp3) is 0.250. The first-order valence-electron chi connectivity index (χ1n) is 6.64. The maximum atomic E-state index is 11.8. The number of esters is 1. The molecule has 0 aliphatic rings. The quantitative estimate of drug-likeness (QED) is 0.458. The second kappa shape index (κ2) is 7.28. The average molecular weight is 271 g/mol. The number of hydrogen-bond acceptors (Lipinski definition) is 4. The van der Waals surface area contributed by atoms with Crippen LogP contribution in [0.4, 0.5) is 0 Å². The van der Waals surface area contributed by atoms with E-state index in [2.05, 4.69) is 11.9 Å². The molecule has 0 fully saturated rings. The lowest BCUT2D eigenvalue weighted by molar-refractivity contribution is 0.0734. The Morgan fingerprint density at radius 3 is 2.35 bits per heavy atom. The number of benzene rings is 1. The van der Waals surface area contributed by atoms with E-state index in [0.717, 1.165) is 18.6 Å². The largest absolute Gasteiger partial charge is 0.494 e. The number of rotatable bonds is 6. The standard InChI is InChI=1S/C16H17NO3/c1-2-3-12-19-14-4-6-15(7-5-14)20-16(18)13-8-10-17-11-9-13/h4-11H,2-3,12H2,1H3. The molecule has 0 bridgehead atoms. The molecular formula is C16H17NO3. The maximum Gasteiger partial charge on any atom is 0.343 e. The van der Waals surface area contributed by atoms with Crippen LogP contribution in [0.5, 0.6) is 11.5 Å². The van der Waals surface area contributed by atoms with E-state index in [1.807, 2.05) is 0 Å². The molecule has 0 spiro atoms. The zero-order valence-corrected chi connectivity index (χ0v) is 11.4. The molecule has 0 radical (unpaired) electrons. The van der Waals surface area contributed by atoms with Crippen molar-refractivity contribution in [1.29, 1.82) is 0 Å². The summed E-state index contributed by atoms with van der Waals surface area (Å²) in [6, 6.07) is 10.3. The Morgan fingerprint density at radius 2 is 1.70 bits per heavy atom. The van der Waals surface area contributed by atoms with E-state index in [-0.39, 0.29) is 0 Å². The predicted molar refractivity (Wildman–Crippen MR) is 76.0 cm³/mol. The SMILES string of the molecule is CCCCOc1ccc(OC(=O)c2ccncc2)cc1. The number of aromatic nitrogens is 1. The summed E-state index contributed by atoms with van der Waals surface area (Å²) in [5, 5.41) is 0. The summed E-state index contributed by atoms with van der Waals surface area (Å²) < 4.78 is 10.8. The first-order chi connectivity index (χ1) is 9.79. The van der Waals surface area contributed by atoms with Gasteiger partial charge in [0, 0.05) is 12.4 Å². The number of hydrogen-bond donors (Lipinski definition) is 0. The summed E-state index contributed by atoms with van der Waals surface area (Å²) in [5.74, 6) is 0.879. The third-order valence-electron chi connectivity index (χ3n) is 2.72. The van der Waals surface area contributed by atoms with Crippen LogP contribution in [0.1, 0.15) is 30.1 Å². The number of carbonyl (C=O) groups is 1. The Labute approximate surface area is 118 Å². The highest BCUT2D eigenvalue weighted by atomic mass is 16.5. The summed E-state index contributed by atoms with van der Waals surface area (Å²) in [5.41, 5.74) is 0.475. The van der Waals surface area contributed by atoms with Crippen LogP contribution in [0, 0.1) is 0 Å². The van der Waals surface area contributed by atoms with Crippen molar-refractivity contribution < 1.29 is 14.3 Å². The molecule has 0 atom stereocenters.